The predicted molar refractivity (Wildman–Crippen MR) is 146 cm³/mol. The number of esters is 1. The van der Waals surface area contributed by atoms with Gasteiger partial charge in [0.1, 0.15) is 30.3 Å². The molecule has 0 saturated carbocycles. The van der Waals surface area contributed by atoms with Gasteiger partial charge in [0, 0.05) is 34.3 Å². The van der Waals surface area contributed by atoms with Crippen molar-refractivity contribution in [1.82, 2.24) is 20.9 Å². The fraction of sp³-hybridized carbons (Fsp3) is 0.296. The second-order valence-corrected chi connectivity index (χ2v) is 9.08. The smallest absolute Gasteiger partial charge is 0.330 e. The molecular weight excluding hydrogens is 521 g/mol. The van der Waals surface area contributed by atoms with Crippen LogP contribution in [-0.4, -0.2) is 66.4 Å². The molecular formula is C27H30FN7O5. The molecule has 7 N–H and O–H groups in total. The van der Waals surface area contributed by atoms with Crippen molar-refractivity contribution in [1.29, 1.82) is 5.41 Å². The summed E-state index contributed by atoms with van der Waals surface area (Å²) in [6.45, 7) is 0.774. The molecule has 13 heteroatoms. The van der Waals surface area contributed by atoms with Crippen molar-refractivity contribution in [2.24, 2.45) is 5.73 Å². The molecule has 0 bridgehead atoms. The van der Waals surface area contributed by atoms with Gasteiger partial charge in [-0.2, -0.15) is 0 Å². The number of nitrogens with one attached hydrogen (secondary N) is 5. The molecule has 1 aliphatic rings. The Labute approximate surface area is 228 Å². The number of hydrogen-bond donors (Lipinski definition) is 6. The molecule has 3 aromatic rings. The van der Waals surface area contributed by atoms with Crippen LogP contribution in [0.25, 0.3) is 10.9 Å². The number of H-pyrrole nitrogens is 1. The van der Waals surface area contributed by atoms with E-state index in [1.807, 2.05) is 0 Å². The van der Waals surface area contributed by atoms with E-state index in [0.29, 0.717) is 35.1 Å². The Morgan fingerprint density at radius 1 is 1.20 bits per heavy atom. The van der Waals surface area contributed by atoms with Crippen LogP contribution in [0.3, 0.4) is 0 Å². The van der Waals surface area contributed by atoms with Gasteiger partial charge in [0.05, 0.1) is 13.2 Å². The van der Waals surface area contributed by atoms with E-state index in [4.69, 9.17) is 15.9 Å². The van der Waals surface area contributed by atoms with Crippen molar-refractivity contribution in [2.75, 3.05) is 24.6 Å². The van der Waals surface area contributed by atoms with Crippen LogP contribution in [0.15, 0.2) is 48.5 Å². The first-order valence-corrected chi connectivity index (χ1v) is 12.7. The van der Waals surface area contributed by atoms with Gasteiger partial charge in [0.15, 0.2) is 0 Å². The number of anilines is 1. The highest BCUT2D eigenvalue weighted by Crippen LogP contribution is 2.24. The van der Waals surface area contributed by atoms with Gasteiger partial charge in [0.2, 0.25) is 5.91 Å². The standard InChI is InChI=1S/C27H30FN7O5/c1-2-40-26(38)21(33-24(36)22-18(13-28)17-5-3-4-6-19(17)32-22)14-31-27(39)34-20-11-12-35(25(20)37)16-9-7-15(8-10-16)23(29)30/h3-10,20-21,32H,2,11-14H2,1H3,(H3,29,30)(H,33,36)(H2,31,34,39)/t20?,21-/m0/s1. The Morgan fingerprint density at radius 2 is 1.93 bits per heavy atom. The maximum atomic E-state index is 13.8. The first-order chi connectivity index (χ1) is 19.2. The normalized spacial score (nSPS) is 15.5. The third kappa shape index (κ3) is 6.03. The molecule has 0 spiro atoms. The number of rotatable bonds is 10. The number of aromatic nitrogens is 1. The lowest BCUT2D eigenvalue weighted by molar-refractivity contribution is -0.145. The van der Waals surface area contributed by atoms with Gasteiger partial charge in [-0.25, -0.2) is 14.0 Å². The van der Waals surface area contributed by atoms with Crippen LogP contribution in [0, 0.1) is 5.41 Å². The number of carbonyl (C=O) groups excluding carboxylic acids is 4. The van der Waals surface area contributed by atoms with Crippen LogP contribution >= 0.6 is 0 Å². The largest absolute Gasteiger partial charge is 0.464 e. The van der Waals surface area contributed by atoms with Crippen molar-refractivity contribution >= 4 is 46.2 Å². The minimum absolute atomic E-state index is 0.0320. The summed E-state index contributed by atoms with van der Waals surface area (Å²) in [7, 11) is 0. The summed E-state index contributed by atoms with van der Waals surface area (Å²) in [6, 6.07) is 10.7. The Bertz CT molecular complexity index is 1440. The minimum Gasteiger partial charge on any atom is -0.464 e. The number of hydrogen-bond acceptors (Lipinski definition) is 6. The van der Waals surface area contributed by atoms with Crippen molar-refractivity contribution in [3.63, 3.8) is 0 Å². The molecule has 2 atom stereocenters. The molecule has 1 aliphatic heterocycles. The monoisotopic (exact) mass is 551 g/mol. The summed E-state index contributed by atoms with van der Waals surface area (Å²) >= 11 is 0. The Morgan fingerprint density at radius 3 is 2.60 bits per heavy atom. The van der Waals surface area contributed by atoms with E-state index in [-0.39, 0.29) is 36.2 Å². The molecule has 0 radical (unpaired) electrons. The first kappa shape index (κ1) is 28.1. The highest BCUT2D eigenvalue weighted by molar-refractivity contribution is 6.03. The summed E-state index contributed by atoms with van der Waals surface area (Å²) in [5.41, 5.74) is 7.29. The molecule has 2 aromatic carbocycles. The lowest BCUT2D eigenvalue weighted by atomic mass is 10.1. The minimum atomic E-state index is -1.27. The number of amidine groups is 1. The number of nitrogens with zero attached hydrogens (tertiary/aromatic N) is 1. The van der Waals surface area contributed by atoms with E-state index in [1.54, 1.807) is 55.5 Å². The maximum absolute atomic E-state index is 13.8. The van der Waals surface area contributed by atoms with Crippen LogP contribution in [-0.2, 0) is 21.0 Å². The lowest BCUT2D eigenvalue weighted by Crippen LogP contribution is -2.53. The van der Waals surface area contributed by atoms with Crippen LogP contribution in [0.4, 0.5) is 14.9 Å². The molecule has 12 nitrogen and oxygen atoms in total. The van der Waals surface area contributed by atoms with Crippen LogP contribution in [0.2, 0.25) is 0 Å². The molecule has 1 unspecified atom stereocenters. The van der Waals surface area contributed by atoms with Crippen LogP contribution in [0.5, 0.6) is 0 Å². The third-order valence-electron chi connectivity index (χ3n) is 6.52. The van der Waals surface area contributed by atoms with Gasteiger partial charge < -0.3 is 36.3 Å². The molecule has 0 aliphatic carbocycles. The number of fused-ring (bicyclic) bond motifs is 1. The van der Waals surface area contributed by atoms with E-state index in [2.05, 4.69) is 20.9 Å². The van der Waals surface area contributed by atoms with Crippen molar-refractivity contribution in [3.05, 3.63) is 65.4 Å². The van der Waals surface area contributed by atoms with Gasteiger partial charge >= 0.3 is 12.0 Å². The zero-order chi connectivity index (χ0) is 28.8. The Kier molecular flexibility index (Phi) is 8.62. The van der Waals surface area contributed by atoms with Gasteiger partial charge in [-0.15, -0.1) is 0 Å². The summed E-state index contributed by atoms with van der Waals surface area (Å²) in [6.07, 6.45) is 0.352. The Balaban J connectivity index is 1.37. The number of ether oxygens (including phenoxy) is 1. The lowest BCUT2D eigenvalue weighted by Gasteiger charge is -2.20. The van der Waals surface area contributed by atoms with Crippen molar-refractivity contribution in [2.45, 2.75) is 32.1 Å². The number of para-hydroxylation sites is 1. The average Bonchev–Trinajstić information content (AvgIpc) is 3.51. The van der Waals surface area contributed by atoms with Crippen molar-refractivity contribution < 1.29 is 28.3 Å². The third-order valence-corrected chi connectivity index (χ3v) is 6.52. The van der Waals surface area contributed by atoms with E-state index in [0.717, 1.165) is 0 Å². The van der Waals surface area contributed by atoms with E-state index >= 15 is 0 Å². The van der Waals surface area contributed by atoms with Crippen LogP contribution in [0.1, 0.15) is 35.0 Å². The Hall–Kier alpha value is -4.94. The van der Waals surface area contributed by atoms with E-state index < -0.39 is 36.7 Å². The number of alkyl halides is 1. The second-order valence-electron chi connectivity index (χ2n) is 9.08. The van der Waals surface area contributed by atoms with E-state index in [1.165, 1.54) is 4.90 Å². The molecule has 210 valence electrons. The van der Waals surface area contributed by atoms with Gasteiger partial charge in [-0.1, -0.05) is 18.2 Å². The zero-order valence-corrected chi connectivity index (χ0v) is 21.8. The van der Waals surface area contributed by atoms with Crippen molar-refractivity contribution in [3.8, 4) is 0 Å². The fourth-order valence-electron chi connectivity index (χ4n) is 4.49. The second kappa shape index (κ2) is 12.3. The van der Waals surface area contributed by atoms with E-state index in [9.17, 15) is 23.6 Å². The predicted octanol–water partition coefficient (Wildman–Crippen LogP) is 1.69. The summed E-state index contributed by atoms with van der Waals surface area (Å²) in [4.78, 5) is 55.4. The molecule has 1 aromatic heterocycles. The highest BCUT2D eigenvalue weighted by atomic mass is 19.1. The quantitative estimate of drug-likeness (QED) is 0.127. The maximum Gasteiger partial charge on any atom is 0.330 e. The SMILES string of the molecule is CCOC(=O)[C@H](CNC(=O)NC1CCN(c2ccc(C(=N)N)cc2)C1=O)NC(=O)c1[nH]c2ccccc2c1CF. The topological polar surface area (TPSA) is 182 Å². The zero-order valence-electron chi connectivity index (χ0n) is 21.8. The number of amides is 4. The number of urea groups is 1. The van der Waals surface area contributed by atoms with Gasteiger partial charge in [0.25, 0.3) is 5.91 Å². The molecule has 40 heavy (non-hydrogen) atoms. The highest BCUT2D eigenvalue weighted by Gasteiger charge is 2.34. The molecule has 4 rings (SSSR count). The fourth-order valence-corrected chi connectivity index (χ4v) is 4.49. The number of aromatic amines is 1. The summed E-state index contributed by atoms with van der Waals surface area (Å²) in [5, 5.41) is 15.6. The number of carbonyl (C=O) groups is 4. The number of benzene rings is 2. The summed E-state index contributed by atoms with van der Waals surface area (Å²) < 4.78 is 18.8. The molecule has 1 fully saturated rings. The number of halogens is 1. The number of nitrogen functional groups attached to an aromatic ring is 1. The molecule has 2 heterocycles. The molecule has 1 saturated heterocycles. The first-order valence-electron chi connectivity index (χ1n) is 12.7. The average molecular weight is 552 g/mol. The number of nitrogens with two attached hydrogens (primary N) is 1. The summed E-state index contributed by atoms with van der Waals surface area (Å²) in [5.74, 6) is -1.93. The van der Waals surface area contributed by atoms with Gasteiger partial charge in [-0.3, -0.25) is 15.0 Å². The van der Waals surface area contributed by atoms with Gasteiger partial charge in [-0.05, 0) is 43.7 Å². The van der Waals surface area contributed by atoms with Crippen LogP contribution < -0.4 is 26.6 Å². The molecule has 4 amide bonds.